The lowest BCUT2D eigenvalue weighted by Crippen LogP contribution is -2.20. The lowest BCUT2D eigenvalue weighted by atomic mass is 10.3. The Morgan fingerprint density at radius 1 is 1.50 bits per heavy atom. The average Bonchev–Trinajstić information content (AvgIpc) is 2.17. The molecule has 14 heavy (non-hydrogen) atoms. The van der Waals surface area contributed by atoms with Crippen LogP contribution in [-0.2, 0) is 0 Å². The second kappa shape index (κ2) is 3.74. The lowest BCUT2D eigenvalue weighted by molar-refractivity contribution is 0.321. The van der Waals surface area contributed by atoms with Crippen molar-refractivity contribution >= 4 is 11.6 Å². The van der Waals surface area contributed by atoms with E-state index in [1.165, 1.54) is 0 Å². The molecule has 4 nitrogen and oxygen atoms in total. The Labute approximate surface area is 83.7 Å². The fraction of sp³-hybridized carbons (Fsp3) is 0.500. The van der Waals surface area contributed by atoms with Gasteiger partial charge in [0.15, 0.2) is 11.6 Å². The number of hydrogen-bond acceptors (Lipinski definition) is 4. The number of hydrogen-bond donors (Lipinski definition) is 2. The van der Waals surface area contributed by atoms with Crippen LogP contribution in [0.2, 0.25) is 0 Å². The van der Waals surface area contributed by atoms with Crippen LogP contribution in [-0.4, -0.2) is 24.2 Å². The Kier molecular flexibility index (Phi) is 2.43. The molecule has 0 spiro atoms. The molecule has 4 heteroatoms. The minimum absolute atomic E-state index is 0.394. The molecular formula is C10H15N3O. The largest absolute Gasteiger partial charge is 0.488 e. The normalized spacial score (nSPS) is 14.2. The summed E-state index contributed by atoms with van der Waals surface area (Å²) >= 11 is 0. The first kappa shape index (κ1) is 9.12. The summed E-state index contributed by atoms with van der Waals surface area (Å²) in [6.45, 7) is 5.72. The van der Waals surface area contributed by atoms with E-state index in [0.29, 0.717) is 12.6 Å². The summed E-state index contributed by atoms with van der Waals surface area (Å²) in [7, 11) is 0. The van der Waals surface area contributed by atoms with Gasteiger partial charge >= 0.3 is 0 Å². The smallest absolute Gasteiger partial charge is 0.171 e. The van der Waals surface area contributed by atoms with Crippen molar-refractivity contribution in [2.24, 2.45) is 0 Å². The molecular weight excluding hydrogens is 178 g/mol. The van der Waals surface area contributed by atoms with Gasteiger partial charge in [0.25, 0.3) is 0 Å². The Hall–Kier alpha value is -1.45. The van der Waals surface area contributed by atoms with Crippen molar-refractivity contribution in [3.05, 3.63) is 12.1 Å². The molecule has 0 unspecified atom stereocenters. The summed E-state index contributed by atoms with van der Waals surface area (Å²) in [4.78, 5) is 4.41. The van der Waals surface area contributed by atoms with Gasteiger partial charge in [-0.3, -0.25) is 0 Å². The molecule has 1 aliphatic rings. The van der Waals surface area contributed by atoms with E-state index in [-0.39, 0.29) is 0 Å². The fourth-order valence-electron chi connectivity index (χ4n) is 1.40. The molecule has 2 N–H and O–H groups in total. The van der Waals surface area contributed by atoms with E-state index in [1.807, 2.05) is 12.1 Å². The van der Waals surface area contributed by atoms with E-state index in [0.717, 1.165) is 23.9 Å². The summed E-state index contributed by atoms with van der Waals surface area (Å²) in [6, 6.07) is 4.27. The van der Waals surface area contributed by atoms with Crippen LogP contribution in [0, 0.1) is 0 Å². The summed E-state index contributed by atoms with van der Waals surface area (Å²) < 4.78 is 5.43. The van der Waals surface area contributed by atoms with Crippen molar-refractivity contribution in [2.45, 2.75) is 19.9 Å². The van der Waals surface area contributed by atoms with Crippen LogP contribution in [0.5, 0.6) is 5.75 Å². The second-order valence-electron chi connectivity index (χ2n) is 3.62. The zero-order chi connectivity index (χ0) is 9.97. The Morgan fingerprint density at radius 2 is 2.36 bits per heavy atom. The number of anilines is 2. The average molecular weight is 193 g/mol. The van der Waals surface area contributed by atoms with Crippen LogP contribution in [0.4, 0.5) is 11.6 Å². The molecule has 76 valence electrons. The minimum atomic E-state index is 0.394. The van der Waals surface area contributed by atoms with Gasteiger partial charge in [0, 0.05) is 6.04 Å². The number of pyridine rings is 1. The summed E-state index contributed by atoms with van der Waals surface area (Å²) in [5.41, 5.74) is 0. The van der Waals surface area contributed by atoms with E-state index in [4.69, 9.17) is 4.74 Å². The van der Waals surface area contributed by atoms with Crippen LogP contribution in [0.1, 0.15) is 13.8 Å². The molecule has 2 rings (SSSR count). The third kappa shape index (κ3) is 1.89. The van der Waals surface area contributed by atoms with Crippen LogP contribution in [0.25, 0.3) is 0 Å². The second-order valence-corrected chi connectivity index (χ2v) is 3.62. The zero-order valence-electron chi connectivity index (χ0n) is 8.50. The molecule has 0 bridgehead atoms. The Balaban J connectivity index is 2.20. The number of ether oxygens (including phenoxy) is 1. The number of aromatic nitrogens is 1. The lowest BCUT2D eigenvalue weighted by Gasteiger charge is -2.19. The van der Waals surface area contributed by atoms with Gasteiger partial charge in [-0.2, -0.15) is 0 Å². The Bertz CT molecular complexity index is 325. The molecule has 0 radical (unpaired) electrons. The van der Waals surface area contributed by atoms with E-state index >= 15 is 0 Å². The summed E-state index contributed by atoms with van der Waals surface area (Å²) in [5.74, 6) is 2.56. The van der Waals surface area contributed by atoms with Crippen LogP contribution >= 0.6 is 0 Å². The molecule has 0 amide bonds. The van der Waals surface area contributed by atoms with E-state index in [2.05, 4.69) is 29.5 Å². The van der Waals surface area contributed by atoms with Gasteiger partial charge in [0.1, 0.15) is 12.4 Å². The molecule has 0 aromatic carbocycles. The molecule has 0 fully saturated rings. The highest BCUT2D eigenvalue weighted by Crippen LogP contribution is 2.26. The van der Waals surface area contributed by atoms with Gasteiger partial charge in [-0.25, -0.2) is 4.98 Å². The minimum Gasteiger partial charge on any atom is -0.488 e. The third-order valence-electron chi connectivity index (χ3n) is 1.95. The van der Waals surface area contributed by atoms with Crippen LogP contribution in [0.3, 0.4) is 0 Å². The van der Waals surface area contributed by atoms with Crippen molar-refractivity contribution in [1.82, 2.24) is 4.98 Å². The molecule has 0 atom stereocenters. The first-order valence-corrected chi connectivity index (χ1v) is 4.90. The predicted octanol–water partition coefficient (Wildman–Crippen LogP) is 1.71. The van der Waals surface area contributed by atoms with E-state index in [9.17, 15) is 0 Å². The molecule has 1 aromatic rings. The van der Waals surface area contributed by atoms with Gasteiger partial charge in [-0.1, -0.05) is 0 Å². The number of fused-ring (bicyclic) bond motifs is 1. The van der Waals surface area contributed by atoms with Crippen molar-refractivity contribution in [1.29, 1.82) is 0 Å². The highest BCUT2D eigenvalue weighted by Gasteiger charge is 2.11. The van der Waals surface area contributed by atoms with Crippen LogP contribution < -0.4 is 15.4 Å². The van der Waals surface area contributed by atoms with Crippen molar-refractivity contribution in [2.75, 3.05) is 23.8 Å². The summed E-state index contributed by atoms with van der Waals surface area (Å²) in [5, 5.41) is 6.45. The van der Waals surface area contributed by atoms with Crippen molar-refractivity contribution in [3.8, 4) is 5.75 Å². The maximum absolute atomic E-state index is 5.43. The van der Waals surface area contributed by atoms with Gasteiger partial charge < -0.3 is 15.4 Å². The van der Waals surface area contributed by atoms with Crippen LogP contribution in [0.15, 0.2) is 12.1 Å². The maximum Gasteiger partial charge on any atom is 0.171 e. The highest BCUT2D eigenvalue weighted by molar-refractivity contribution is 5.56. The van der Waals surface area contributed by atoms with E-state index in [1.54, 1.807) is 0 Å². The predicted molar refractivity (Wildman–Crippen MR) is 57.0 cm³/mol. The third-order valence-corrected chi connectivity index (χ3v) is 1.95. The first-order chi connectivity index (χ1) is 6.75. The molecule has 0 aliphatic carbocycles. The van der Waals surface area contributed by atoms with Crippen molar-refractivity contribution in [3.63, 3.8) is 0 Å². The quantitative estimate of drug-likeness (QED) is 0.750. The fourth-order valence-corrected chi connectivity index (χ4v) is 1.40. The molecule has 1 aliphatic heterocycles. The van der Waals surface area contributed by atoms with E-state index < -0.39 is 0 Å². The zero-order valence-corrected chi connectivity index (χ0v) is 8.50. The number of nitrogens with zero attached hydrogens (tertiary/aromatic N) is 1. The SMILES string of the molecule is CC(C)Nc1ccc2c(n1)NCCO2. The molecule has 2 heterocycles. The standard InChI is InChI=1S/C10H15N3O/c1-7(2)12-9-4-3-8-10(13-9)11-5-6-14-8/h3-4,7H,5-6H2,1-2H3,(H2,11,12,13). The first-order valence-electron chi connectivity index (χ1n) is 4.90. The topological polar surface area (TPSA) is 46.2 Å². The van der Waals surface area contributed by atoms with Crippen molar-refractivity contribution < 1.29 is 4.74 Å². The number of rotatable bonds is 2. The number of nitrogens with one attached hydrogen (secondary N) is 2. The molecule has 0 saturated heterocycles. The van der Waals surface area contributed by atoms with Gasteiger partial charge in [0.2, 0.25) is 0 Å². The molecule has 0 saturated carbocycles. The monoisotopic (exact) mass is 193 g/mol. The van der Waals surface area contributed by atoms with Gasteiger partial charge in [-0.15, -0.1) is 0 Å². The summed E-state index contributed by atoms with van der Waals surface area (Å²) in [6.07, 6.45) is 0. The maximum atomic E-state index is 5.43. The highest BCUT2D eigenvalue weighted by atomic mass is 16.5. The molecule has 1 aromatic heterocycles. The van der Waals surface area contributed by atoms with Gasteiger partial charge in [0.05, 0.1) is 6.54 Å². The Morgan fingerprint density at radius 3 is 3.14 bits per heavy atom. The van der Waals surface area contributed by atoms with Gasteiger partial charge in [-0.05, 0) is 26.0 Å².